The molecule has 3 rings (SSSR count). The molecule has 25 heavy (non-hydrogen) atoms. The molecule has 0 radical (unpaired) electrons. The van der Waals surface area contributed by atoms with Crippen LogP contribution in [0.5, 0.6) is 0 Å². The first-order valence-corrected chi connectivity index (χ1v) is 8.20. The number of carbonyl (C=O) groups is 1. The summed E-state index contributed by atoms with van der Waals surface area (Å²) in [5, 5.41) is 6.19. The monoisotopic (exact) mass is 331 g/mol. The lowest BCUT2D eigenvalue weighted by Crippen LogP contribution is -2.13. The normalized spacial score (nSPS) is 10.4. The second kappa shape index (κ2) is 7.18. The second-order valence-corrected chi connectivity index (χ2v) is 6.12. The van der Waals surface area contributed by atoms with Gasteiger partial charge in [0, 0.05) is 11.4 Å². The van der Waals surface area contributed by atoms with Gasteiger partial charge in [-0.25, -0.2) is 4.98 Å². The highest BCUT2D eigenvalue weighted by atomic mass is 16.1. The lowest BCUT2D eigenvalue weighted by Gasteiger charge is -2.11. The summed E-state index contributed by atoms with van der Waals surface area (Å²) in [5.74, 6) is -0.220. The fraction of sp³-hybridized carbons (Fsp3) is 0.143. The van der Waals surface area contributed by atoms with E-state index < -0.39 is 0 Å². The standard InChI is InChI=1S/C21H21N3O/c1-14-7-9-17(10-8-14)24-21(25)20-12-11-18(13-22-20)23-19-6-4-5-15(2)16(19)3/h4-13,23H,1-3H3,(H,24,25). The number of anilines is 3. The Hall–Kier alpha value is -3.14. The first-order chi connectivity index (χ1) is 12.0. The molecule has 0 aliphatic heterocycles. The largest absolute Gasteiger partial charge is 0.354 e. The predicted molar refractivity (Wildman–Crippen MR) is 103 cm³/mol. The molecule has 1 heterocycles. The van der Waals surface area contributed by atoms with E-state index in [2.05, 4.69) is 35.5 Å². The number of pyridine rings is 1. The van der Waals surface area contributed by atoms with E-state index in [0.29, 0.717) is 5.69 Å². The van der Waals surface area contributed by atoms with Crippen molar-refractivity contribution in [2.75, 3.05) is 10.6 Å². The molecule has 1 amide bonds. The minimum absolute atomic E-state index is 0.220. The SMILES string of the molecule is Cc1ccc(NC(=O)c2ccc(Nc3cccc(C)c3C)cn2)cc1. The van der Waals surface area contributed by atoms with E-state index >= 15 is 0 Å². The van der Waals surface area contributed by atoms with Crippen molar-refractivity contribution in [1.29, 1.82) is 0 Å². The number of nitrogens with zero attached hydrogens (tertiary/aromatic N) is 1. The number of rotatable bonds is 4. The summed E-state index contributed by atoms with van der Waals surface area (Å²) >= 11 is 0. The van der Waals surface area contributed by atoms with E-state index in [1.807, 2.05) is 49.4 Å². The molecule has 0 spiro atoms. The van der Waals surface area contributed by atoms with Gasteiger partial charge in [-0.1, -0.05) is 29.8 Å². The summed E-state index contributed by atoms with van der Waals surface area (Å²) in [7, 11) is 0. The fourth-order valence-electron chi connectivity index (χ4n) is 2.48. The van der Waals surface area contributed by atoms with Gasteiger partial charge in [0.15, 0.2) is 0 Å². The van der Waals surface area contributed by atoms with Crippen molar-refractivity contribution in [3.05, 3.63) is 83.2 Å². The maximum atomic E-state index is 12.3. The van der Waals surface area contributed by atoms with E-state index in [0.717, 1.165) is 22.6 Å². The van der Waals surface area contributed by atoms with Crippen LogP contribution < -0.4 is 10.6 Å². The molecule has 2 N–H and O–H groups in total. The molecular formula is C21H21N3O. The maximum absolute atomic E-state index is 12.3. The summed E-state index contributed by atoms with van der Waals surface area (Å²) in [6.07, 6.45) is 1.67. The van der Waals surface area contributed by atoms with Crippen molar-refractivity contribution in [3.8, 4) is 0 Å². The molecule has 0 aliphatic rings. The van der Waals surface area contributed by atoms with Crippen LogP contribution in [-0.4, -0.2) is 10.9 Å². The van der Waals surface area contributed by atoms with E-state index in [9.17, 15) is 4.79 Å². The molecule has 1 aromatic heterocycles. The van der Waals surface area contributed by atoms with Gasteiger partial charge in [0.25, 0.3) is 5.91 Å². The third-order valence-electron chi connectivity index (χ3n) is 4.19. The first-order valence-electron chi connectivity index (χ1n) is 8.20. The van der Waals surface area contributed by atoms with Gasteiger partial charge in [0.05, 0.1) is 11.9 Å². The Bertz CT molecular complexity index is 884. The summed E-state index contributed by atoms with van der Waals surface area (Å²) in [6, 6.07) is 17.4. The van der Waals surface area contributed by atoms with Crippen molar-refractivity contribution in [3.63, 3.8) is 0 Å². The van der Waals surface area contributed by atoms with Gasteiger partial charge in [-0.05, 0) is 62.2 Å². The lowest BCUT2D eigenvalue weighted by atomic mass is 10.1. The number of hydrogen-bond acceptors (Lipinski definition) is 3. The molecule has 0 fully saturated rings. The molecule has 0 unspecified atom stereocenters. The molecule has 4 nitrogen and oxygen atoms in total. The average Bonchev–Trinajstić information content (AvgIpc) is 2.61. The third kappa shape index (κ3) is 4.04. The van der Waals surface area contributed by atoms with E-state index in [1.165, 1.54) is 11.1 Å². The van der Waals surface area contributed by atoms with Gasteiger partial charge in [0.2, 0.25) is 0 Å². The van der Waals surface area contributed by atoms with Crippen molar-refractivity contribution in [2.45, 2.75) is 20.8 Å². The topological polar surface area (TPSA) is 54.0 Å². The van der Waals surface area contributed by atoms with Crippen LogP contribution in [0.4, 0.5) is 17.1 Å². The quantitative estimate of drug-likeness (QED) is 0.707. The van der Waals surface area contributed by atoms with Crippen LogP contribution in [0.15, 0.2) is 60.8 Å². The molecule has 0 aliphatic carbocycles. The molecule has 0 atom stereocenters. The van der Waals surface area contributed by atoms with Crippen molar-refractivity contribution >= 4 is 23.0 Å². The van der Waals surface area contributed by atoms with Gasteiger partial charge in [-0.2, -0.15) is 0 Å². The Morgan fingerprint density at radius 3 is 2.28 bits per heavy atom. The Morgan fingerprint density at radius 1 is 0.880 bits per heavy atom. The van der Waals surface area contributed by atoms with Gasteiger partial charge in [0.1, 0.15) is 5.69 Å². The zero-order valence-corrected chi connectivity index (χ0v) is 14.6. The van der Waals surface area contributed by atoms with E-state index in [-0.39, 0.29) is 5.91 Å². The Labute approximate surface area is 147 Å². The van der Waals surface area contributed by atoms with Crippen LogP contribution in [-0.2, 0) is 0 Å². The highest BCUT2D eigenvalue weighted by molar-refractivity contribution is 6.02. The summed E-state index contributed by atoms with van der Waals surface area (Å²) < 4.78 is 0. The third-order valence-corrected chi connectivity index (χ3v) is 4.19. The molecule has 0 bridgehead atoms. The van der Waals surface area contributed by atoms with Crippen LogP contribution in [0.1, 0.15) is 27.2 Å². The summed E-state index contributed by atoms with van der Waals surface area (Å²) in [6.45, 7) is 6.17. The van der Waals surface area contributed by atoms with E-state index in [4.69, 9.17) is 0 Å². The van der Waals surface area contributed by atoms with Crippen molar-refractivity contribution in [2.24, 2.45) is 0 Å². The van der Waals surface area contributed by atoms with Crippen LogP contribution in [0.2, 0.25) is 0 Å². The van der Waals surface area contributed by atoms with Crippen LogP contribution >= 0.6 is 0 Å². The fourth-order valence-corrected chi connectivity index (χ4v) is 2.48. The zero-order valence-electron chi connectivity index (χ0n) is 14.6. The zero-order chi connectivity index (χ0) is 17.8. The molecular weight excluding hydrogens is 310 g/mol. The van der Waals surface area contributed by atoms with Gasteiger partial charge < -0.3 is 10.6 Å². The van der Waals surface area contributed by atoms with Crippen LogP contribution in [0.3, 0.4) is 0 Å². The Balaban J connectivity index is 1.70. The summed E-state index contributed by atoms with van der Waals surface area (Å²) in [5.41, 5.74) is 6.61. The molecule has 2 aromatic carbocycles. The van der Waals surface area contributed by atoms with Gasteiger partial charge >= 0.3 is 0 Å². The van der Waals surface area contributed by atoms with Crippen molar-refractivity contribution in [1.82, 2.24) is 4.98 Å². The van der Waals surface area contributed by atoms with Crippen LogP contribution in [0.25, 0.3) is 0 Å². The summed E-state index contributed by atoms with van der Waals surface area (Å²) in [4.78, 5) is 16.5. The number of benzene rings is 2. The minimum atomic E-state index is -0.220. The number of hydrogen-bond donors (Lipinski definition) is 2. The molecule has 0 saturated heterocycles. The Morgan fingerprint density at radius 2 is 1.60 bits per heavy atom. The van der Waals surface area contributed by atoms with Crippen LogP contribution in [0, 0.1) is 20.8 Å². The van der Waals surface area contributed by atoms with Gasteiger partial charge in [-0.15, -0.1) is 0 Å². The van der Waals surface area contributed by atoms with E-state index in [1.54, 1.807) is 12.3 Å². The molecule has 0 saturated carbocycles. The predicted octanol–water partition coefficient (Wildman–Crippen LogP) is 5.00. The molecule has 3 aromatic rings. The first kappa shape index (κ1) is 16.7. The molecule has 126 valence electrons. The smallest absolute Gasteiger partial charge is 0.274 e. The van der Waals surface area contributed by atoms with Crippen molar-refractivity contribution < 1.29 is 4.79 Å². The number of aryl methyl sites for hydroxylation is 2. The Kier molecular flexibility index (Phi) is 4.80. The minimum Gasteiger partial charge on any atom is -0.354 e. The number of aromatic nitrogens is 1. The highest BCUT2D eigenvalue weighted by Gasteiger charge is 2.08. The number of carbonyl (C=O) groups excluding carboxylic acids is 1. The molecule has 4 heteroatoms. The second-order valence-electron chi connectivity index (χ2n) is 6.12. The highest BCUT2D eigenvalue weighted by Crippen LogP contribution is 2.22. The number of nitrogens with one attached hydrogen (secondary N) is 2. The maximum Gasteiger partial charge on any atom is 0.274 e. The average molecular weight is 331 g/mol. The number of amides is 1. The van der Waals surface area contributed by atoms with Gasteiger partial charge in [-0.3, -0.25) is 4.79 Å². The lowest BCUT2D eigenvalue weighted by molar-refractivity contribution is 0.102.